The van der Waals surface area contributed by atoms with E-state index >= 15 is 0 Å². The summed E-state index contributed by atoms with van der Waals surface area (Å²) < 4.78 is 7.17. The molecule has 1 heterocycles. The van der Waals surface area contributed by atoms with Crippen LogP contribution in [0.1, 0.15) is 23.7 Å². The Labute approximate surface area is 190 Å². The maximum atomic E-state index is 12.6. The molecule has 162 valence electrons. The maximum Gasteiger partial charge on any atom is 0.221 e. The van der Waals surface area contributed by atoms with Crippen LogP contribution in [0.2, 0.25) is 5.02 Å². The molecule has 31 heavy (non-hydrogen) atoms. The standard InChI is InChI=1S/C22H23ClN4O3S/c1-15(28)24-19-10-6-16(7-11-19)20(29)14-31-22-26-25-21(27(22)12-3-13-30-2)17-4-8-18(23)9-5-17/h4-11H,3,12-14H2,1-2H3,(H,24,28). The van der Waals surface area contributed by atoms with Gasteiger partial charge in [-0.1, -0.05) is 23.4 Å². The summed E-state index contributed by atoms with van der Waals surface area (Å²) in [5.74, 6) is 0.767. The minimum absolute atomic E-state index is 0.0288. The Bertz CT molecular complexity index is 1040. The molecule has 3 rings (SSSR count). The number of hydrogen-bond acceptors (Lipinski definition) is 6. The van der Waals surface area contributed by atoms with E-state index in [1.807, 2.05) is 28.8 Å². The van der Waals surface area contributed by atoms with E-state index < -0.39 is 0 Å². The van der Waals surface area contributed by atoms with Crippen molar-refractivity contribution in [2.75, 3.05) is 24.8 Å². The molecule has 0 fully saturated rings. The maximum absolute atomic E-state index is 12.6. The van der Waals surface area contributed by atoms with Crippen molar-refractivity contribution < 1.29 is 14.3 Å². The van der Waals surface area contributed by atoms with Crippen LogP contribution in [0, 0.1) is 0 Å². The van der Waals surface area contributed by atoms with E-state index in [2.05, 4.69) is 15.5 Å². The van der Waals surface area contributed by atoms with Gasteiger partial charge in [-0.05, 0) is 55.0 Å². The van der Waals surface area contributed by atoms with E-state index in [4.69, 9.17) is 16.3 Å². The van der Waals surface area contributed by atoms with Crippen LogP contribution in [0.4, 0.5) is 5.69 Å². The number of aromatic nitrogens is 3. The van der Waals surface area contributed by atoms with Crippen molar-refractivity contribution in [3.63, 3.8) is 0 Å². The number of thioether (sulfide) groups is 1. The Morgan fingerprint density at radius 2 is 1.81 bits per heavy atom. The van der Waals surface area contributed by atoms with Gasteiger partial charge in [0, 0.05) is 49.0 Å². The van der Waals surface area contributed by atoms with E-state index in [-0.39, 0.29) is 17.4 Å². The molecule has 0 aliphatic rings. The number of nitrogens with zero attached hydrogens (tertiary/aromatic N) is 3. The van der Waals surface area contributed by atoms with E-state index in [0.717, 1.165) is 17.8 Å². The first-order chi connectivity index (χ1) is 15.0. The topological polar surface area (TPSA) is 86.1 Å². The van der Waals surface area contributed by atoms with Crippen LogP contribution < -0.4 is 5.32 Å². The Hall–Kier alpha value is -2.68. The molecule has 3 aromatic rings. The Balaban J connectivity index is 1.73. The van der Waals surface area contributed by atoms with Crippen LogP contribution in [0.3, 0.4) is 0 Å². The molecule has 7 nitrogen and oxygen atoms in total. The molecule has 9 heteroatoms. The van der Waals surface area contributed by atoms with Gasteiger partial charge in [0.2, 0.25) is 5.91 Å². The molecular weight excluding hydrogens is 436 g/mol. The first-order valence-electron chi connectivity index (χ1n) is 9.69. The smallest absolute Gasteiger partial charge is 0.221 e. The van der Waals surface area contributed by atoms with Gasteiger partial charge in [-0.3, -0.25) is 9.59 Å². The zero-order valence-electron chi connectivity index (χ0n) is 17.3. The number of Topliss-reactive ketones (excluding diaryl/α,β-unsaturated/α-hetero) is 1. The molecule has 1 aromatic heterocycles. The monoisotopic (exact) mass is 458 g/mol. The average molecular weight is 459 g/mol. The molecule has 0 spiro atoms. The van der Waals surface area contributed by atoms with Crippen LogP contribution in [0.25, 0.3) is 11.4 Å². The largest absolute Gasteiger partial charge is 0.385 e. The molecule has 2 aromatic carbocycles. The van der Waals surface area contributed by atoms with Gasteiger partial charge in [0.25, 0.3) is 0 Å². The number of amides is 1. The van der Waals surface area contributed by atoms with E-state index in [9.17, 15) is 9.59 Å². The fraction of sp³-hybridized carbons (Fsp3) is 0.273. The van der Waals surface area contributed by atoms with Crippen molar-refractivity contribution in [2.45, 2.75) is 25.0 Å². The minimum atomic E-state index is -0.154. The molecular formula is C22H23ClN4O3S. The van der Waals surface area contributed by atoms with Crippen LogP contribution >= 0.6 is 23.4 Å². The van der Waals surface area contributed by atoms with Gasteiger partial charge in [0.05, 0.1) is 5.75 Å². The number of carbonyl (C=O) groups excluding carboxylic acids is 2. The summed E-state index contributed by atoms with van der Waals surface area (Å²) in [5, 5.41) is 12.7. The lowest BCUT2D eigenvalue weighted by Crippen LogP contribution is -2.08. The molecule has 1 N–H and O–H groups in total. The minimum Gasteiger partial charge on any atom is -0.385 e. The predicted octanol–water partition coefficient (Wildman–Crippen LogP) is 4.57. The van der Waals surface area contributed by atoms with Crippen LogP contribution in [-0.4, -0.2) is 45.9 Å². The first-order valence-corrected chi connectivity index (χ1v) is 11.1. The number of nitrogens with one attached hydrogen (secondary N) is 1. The first kappa shape index (κ1) is 23.0. The Morgan fingerprint density at radius 1 is 1.10 bits per heavy atom. The number of anilines is 1. The highest BCUT2D eigenvalue weighted by atomic mass is 35.5. The van der Waals surface area contributed by atoms with E-state index in [1.54, 1.807) is 31.4 Å². The summed E-state index contributed by atoms with van der Waals surface area (Å²) in [5.41, 5.74) is 2.13. The summed E-state index contributed by atoms with van der Waals surface area (Å²) >= 11 is 7.35. The highest BCUT2D eigenvalue weighted by molar-refractivity contribution is 7.99. The van der Waals surface area contributed by atoms with Crippen molar-refractivity contribution in [3.8, 4) is 11.4 Å². The zero-order valence-corrected chi connectivity index (χ0v) is 18.9. The van der Waals surface area contributed by atoms with Gasteiger partial charge in [-0.25, -0.2) is 0 Å². The van der Waals surface area contributed by atoms with Crippen LogP contribution in [0.5, 0.6) is 0 Å². The molecule has 1 amide bonds. The number of benzene rings is 2. The molecule has 0 aliphatic heterocycles. The lowest BCUT2D eigenvalue weighted by Gasteiger charge is -2.10. The number of ether oxygens (including phenoxy) is 1. The molecule has 0 aliphatic carbocycles. The van der Waals surface area contributed by atoms with Gasteiger partial charge < -0.3 is 14.6 Å². The number of methoxy groups -OCH3 is 1. The number of ketones is 1. The van der Waals surface area contributed by atoms with E-state index in [0.29, 0.717) is 34.6 Å². The highest BCUT2D eigenvalue weighted by Gasteiger charge is 2.16. The molecule has 0 saturated carbocycles. The Kier molecular flexibility index (Phi) is 8.22. The summed E-state index contributed by atoms with van der Waals surface area (Å²) in [7, 11) is 1.66. The summed E-state index contributed by atoms with van der Waals surface area (Å²) in [4.78, 5) is 23.8. The average Bonchev–Trinajstić information content (AvgIpc) is 3.15. The van der Waals surface area contributed by atoms with Crippen LogP contribution in [0.15, 0.2) is 53.7 Å². The van der Waals surface area contributed by atoms with Gasteiger partial charge in [0.15, 0.2) is 16.8 Å². The number of carbonyl (C=O) groups is 2. The van der Waals surface area contributed by atoms with Crippen molar-refractivity contribution >= 4 is 40.7 Å². The third-order valence-corrected chi connectivity index (χ3v) is 5.63. The quantitative estimate of drug-likeness (QED) is 0.272. The fourth-order valence-electron chi connectivity index (χ4n) is 2.93. The Morgan fingerprint density at radius 3 is 2.45 bits per heavy atom. The third kappa shape index (κ3) is 6.40. The second-order valence-corrected chi connectivity index (χ2v) is 8.16. The predicted molar refractivity (Wildman–Crippen MR) is 123 cm³/mol. The second-order valence-electron chi connectivity index (χ2n) is 6.78. The van der Waals surface area contributed by atoms with Crippen LogP contribution in [-0.2, 0) is 16.1 Å². The van der Waals surface area contributed by atoms with Crippen molar-refractivity contribution in [1.29, 1.82) is 0 Å². The SMILES string of the molecule is COCCCn1c(SCC(=O)c2ccc(NC(C)=O)cc2)nnc1-c1ccc(Cl)cc1. The second kappa shape index (κ2) is 11.1. The molecule has 0 unspecified atom stereocenters. The van der Waals surface area contributed by atoms with Crippen molar-refractivity contribution in [2.24, 2.45) is 0 Å². The van der Waals surface area contributed by atoms with Gasteiger partial charge in [0.1, 0.15) is 0 Å². The van der Waals surface area contributed by atoms with Gasteiger partial charge >= 0.3 is 0 Å². The van der Waals surface area contributed by atoms with Gasteiger partial charge in [-0.2, -0.15) is 0 Å². The van der Waals surface area contributed by atoms with Gasteiger partial charge in [-0.15, -0.1) is 10.2 Å². The number of rotatable bonds is 10. The summed E-state index contributed by atoms with van der Waals surface area (Å²) in [6.45, 7) is 2.72. The molecule has 0 radical (unpaired) electrons. The zero-order chi connectivity index (χ0) is 22.2. The lowest BCUT2D eigenvalue weighted by molar-refractivity contribution is -0.114. The van der Waals surface area contributed by atoms with Crippen molar-refractivity contribution in [3.05, 3.63) is 59.1 Å². The molecule has 0 bridgehead atoms. The third-order valence-electron chi connectivity index (χ3n) is 4.41. The van der Waals surface area contributed by atoms with E-state index in [1.165, 1.54) is 18.7 Å². The molecule has 0 atom stereocenters. The fourth-order valence-corrected chi connectivity index (χ4v) is 3.92. The highest BCUT2D eigenvalue weighted by Crippen LogP contribution is 2.26. The number of hydrogen-bond donors (Lipinski definition) is 1. The summed E-state index contributed by atoms with van der Waals surface area (Å²) in [6, 6.07) is 14.3. The number of halogens is 1. The lowest BCUT2D eigenvalue weighted by atomic mass is 10.1. The summed E-state index contributed by atoms with van der Waals surface area (Å²) in [6.07, 6.45) is 0.793. The van der Waals surface area contributed by atoms with Crippen molar-refractivity contribution in [1.82, 2.24) is 14.8 Å². The normalized spacial score (nSPS) is 10.8. The molecule has 0 saturated heterocycles.